The van der Waals surface area contributed by atoms with Crippen LogP contribution in [-0.2, 0) is 6.54 Å². The van der Waals surface area contributed by atoms with Crippen LogP contribution in [-0.4, -0.2) is 21.8 Å². The molecule has 21 heavy (non-hydrogen) atoms. The summed E-state index contributed by atoms with van der Waals surface area (Å²) in [7, 11) is 0. The maximum atomic E-state index is 12.7. The molecule has 1 aromatic heterocycles. The second-order valence-corrected chi connectivity index (χ2v) is 5.47. The summed E-state index contributed by atoms with van der Waals surface area (Å²) in [6.07, 6.45) is 3.46. The van der Waals surface area contributed by atoms with Gasteiger partial charge in [0.15, 0.2) is 0 Å². The third-order valence-electron chi connectivity index (χ3n) is 3.22. The smallest absolute Gasteiger partial charge is 0.255 e. The molecule has 0 saturated heterocycles. The number of nitrogens with zero attached hydrogens (tertiary/aromatic N) is 2. The number of aromatic nitrogens is 1. The van der Waals surface area contributed by atoms with Crippen molar-refractivity contribution in [3.63, 3.8) is 0 Å². The number of hydrogen-bond acceptors (Lipinski definition) is 3. The number of benzene rings is 1. The summed E-state index contributed by atoms with van der Waals surface area (Å²) in [5, 5.41) is 0.305. The average molecular weight is 304 g/mol. The number of anilines is 1. The highest BCUT2D eigenvalue weighted by Crippen LogP contribution is 2.25. The number of amides is 1. The van der Waals surface area contributed by atoms with Crippen LogP contribution in [0.3, 0.4) is 0 Å². The van der Waals surface area contributed by atoms with Crippen molar-refractivity contribution in [2.75, 3.05) is 5.73 Å². The molecule has 2 aromatic rings. The van der Waals surface area contributed by atoms with Crippen molar-refractivity contribution in [3.8, 4) is 0 Å². The van der Waals surface area contributed by atoms with Crippen molar-refractivity contribution in [2.24, 2.45) is 0 Å². The number of carbonyl (C=O) groups excluding carboxylic acids is 1. The minimum Gasteiger partial charge on any atom is -0.398 e. The van der Waals surface area contributed by atoms with E-state index in [1.807, 2.05) is 26.0 Å². The zero-order valence-corrected chi connectivity index (χ0v) is 12.8. The van der Waals surface area contributed by atoms with Crippen molar-refractivity contribution < 1.29 is 4.79 Å². The van der Waals surface area contributed by atoms with Crippen LogP contribution >= 0.6 is 11.6 Å². The highest BCUT2D eigenvalue weighted by Gasteiger charge is 2.22. The Morgan fingerprint density at radius 2 is 2.10 bits per heavy atom. The summed E-state index contributed by atoms with van der Waals surface area (Å²) in [4.78, 5) is 18.6. The zero-order valence-electron chi connectivity index (χ0n) is 12.1. The fraction of sp³-hybridized carbons (Fsp3) is 0.250. The lowest BCUT2D eigenvalue weighted by molar-refractivity contribution is 0.0690. The Balaban J connectivity index is 2.30. The van der Waals surface area contributed by atoms with Crippen molar-refractivity contribution in [2.45, 2.75) is 26.4 Å². The first-order valence-corrected chi connectivity index (χ1v) is 7.12. The van der Waals surface area contributed by atoms with E-state index in [1.165, 1.54) is 0 Å². The van der Waals surface area contributed by atoms with E-state index in [0.717, 1.165) is 5.56 Å². The standard InChI is InChI=1S/C16H18ClN3O/c1-11(2)20(10-12-5-4-8-19-9-12)16(21)13-6-3-7-14(18)15(13)17/h3-9,11H,10,18H2,1-2H3. The summed E-state index contributed by atoms with van der Waals surface area (Å²) in [6.45, 7) is 4.42. The Labute approximate surface area is 129 Å². The molecule has 5 heteroatoms. The minimum absolute atomic E-state index is 0.0372. The van der Waals surface area contributed by atoms with Crippen molar-refractivity contribution in [1.82, 2.24) is 9.88 Å². The number of nitrogen functional groups attached to an aromatic ring is 1. The maximum absolute atomic E-state index is 12.7. The Bertz CT molecular complexity index is 629. The number of halogens is 1. The van der Waals surface area contributed by atoms with Gasteiger partial charge >= 0.3 is 0 Å². The van der Waals surface area contributed by atoms with Crippen LogP contribution < -0.4 is 5.73 Å². The highest BCUT2D eigenvalue weighted by atomic mass is 35.5. The van der Waals surface area contributed by atoms with Gasteiger partial charge in [-0.25, -0.2) is 0 Å². The van der Waals surface area contributed by atoms with E-state index in [9.17, 15) is 4.79 Å². The molecule has 0 unspecified atom stereocenters. The minimum atomic E-state index is -0.133. The summed E-state index contributed by atoms with van der Waals surface area (Å²) < 4.78 is 0. The maximum Gasteiger partial charge on any atom is 0.255 e. The lowest BCUT2D eigenvalue weighted by Crippen LogP contribution is -2.36. The van der Waals surface area contributed by atoms with Crippen LogP contribution in [0.15, 0.2) is 42.7 Å². The van der Waals surface area contributed by atoms with Gasteiger partial charge in [0.2, 0.25) is 0 Å². The molecule has 1 amide bonds. The number of hydrogen-bond donors (Lipinski definition) is 1. The molecule has 0 spiro atoms. The van der Waals surface area contributed by atoms with E-state index >= 15 is 0 Å². The monoisotopic (exact) mass is 303 g/mol. The van der Waals surface area contributed by atoms with Crippen molar-refractivity contribution in [1.29, 1.82) is 0 Å². The van der Waals surface area contributed by atoms with Gasteiger partial charge in [0, 0.05) is 25.0 Å². The average Bonchev–Trinajstić information content (AvgIpc) is 2.48. The van der Waals surface area contributed by atoms with E-state index in [0.29, 0.717) is 22.8 Å². The van der Waals surface area contributed by atoms with Gasteiger partial charge in [0.1, 0.15) is 0 Å². The normalized spacial score (nSPS) is 10.7. The van der Waals surface area contributed by atoms with Gasteiger partial charge in [-0.05, 0) is 37.6 Å². The topological polar surface area (TPSA) is 59.2 Å². The van der Waals surface area contributed by atoms with Gasteiger partial charge in [-0.1, -0.05) is 23.7 Å². The Morgan fingerprint density at radius 1 is 1.33 bits per heavy atom. The first-order valence-electron chi connectivity index (χ1n) is 6.74. The second-order valence-electron chi connectivity index (χ2n) is 5.10. The quantitative estimate of drug-likeness (QED) is 0.881. The molecule has 4 nitrogen and oxygen atoms in total. The Hall–Kier alpha value is -2.07. The SMILES string of the molecule is CC(C)N(Cc1cccnc1)C(=O)c1cccc(N)c1Cl. The summed E-state index contributed by atoms with van der Waals surface area (Å²) in [5.74, 6) is -0.133. The first kappa shape index (κ1) is 15.3. The van der Waals surface area contributed by atoms with Gasteiger partial charge in [0.25, 0.3) is 5.91 Å². The van der Waals surface area contributed by atoms with Gasteiger partial charge in [-0.2, -0.15) is 0 Å². The Morgan fingerprint density at radius 3 is 2.71 bits per heavy atom. The molecule has 2 N–H and O–H groups in total. The van der Waals surface area contributed by atoms with E-state index < -0.39 is 0 Å². The molecule has 2 rings (SSSR count). The van der Waals surface area contributed by atoms with Gasteiger partial charge in [-0.15, -0.1) is 0 Å². The predicted octanol–water partition coefficient (Wildman–Crippen LogP) is 3.37. The molecule has 1 aromatic carbocycles. The fourth-order valence-corrected chi connectivity index (χ4v) is 2.25. The molecule has 0 radical (unpaired) electrons. The van der Waals surface area contributed by atoms with E-state index in [-0.39, 0.29) is 11.9 Å². The van der Waals surface area contributed by atoms with Crippen molar-refractivity contribution >= 4 is 23.2 Å². The van der Waals surface area contributed by atoms with E-state index in [2.05, 4.69) is 4.98 Å². The number of pyridine rings is 1. The zero-order chi connectivity index (χ0) is 15.4. The van der Waals surface area contributed by atoms with Crippen LogP contribution in [0.1, 0.15) is 29.8 Å². The summed E-state index contributed by atoms with van der Waals surface area (Å²) in [6, 6.07) is 8.94. The Kier molecular flexibility index (Phi) is 4.81. The summed E-state index contributed by atoms with van der Waals surface area (Å²) >= 11 is 6.15. The van der Waals surface area contributed by atoms with Crippen LogP contribution in [0.4, 0.5) is 5.69 Å². The highest BCUT2D eigenvalue weighted by molar-refractivity contribution is 6.36. The molecular formula is C16H18ClN3O. The van der Waals surface area contributed by atoms with Gasteiger partial charge in [0.05, 0.1) is 16.3 Å². The first-order chi connectivity index (χ1) is 10.0. The molecule has 0 saturated carbocycles. The summed E-state index contributed by atoms with van der Waals surface area (Å²) in [5.41, 5.74) is 7.58. The van der Waals surface area contributed by atoms with Crippen LogP contribution in [0.25, 0.3) is 0 Å². The number of carbonyl (C=O) groups is 1. The molecule has 0 fully saturated rings. The second kappa shape index (κ2) is 6.59. The molecule has 110 valence electrons. The number of nitrogens with two attached hydrogens (primary N) is 1. The van der Waals surface area contributed by atoms with Crippen LogP contribution in [0.5, 0.6) is 0 Å². The van der Waals surface area contributed by atoms with E-state index in [4.69, 9.17) is 17.3 Å². The molecular weight excluding hydrogens is 286 g/mol. The lowest BCUT2D eigenvalue weighted by Gasteiger charge is -2.27. The predicted molar refractivity (Wildman–Crippen MR) is 85.1 cm³/mol. The molecule has 0 aliphatic rings. The molecule has 0 bridgehead atoms. The van der Waals surface area contributed by atoms with E-state index in [1.54, 1.807) is 35.5 Å². The molecule has 0 aliphatic carbocycles. The van der Waals surface area contributed by atoms with Gasteiger partial charge < -0.3 is 10.6 Å². The number of rotatable bonds is 4. The lowest BCUT2D eigenvalue weighted by atomic mass is 10.1. The molecule has 0 aliphatic heterocycles. The van der Waals surface area contributed by atoms with Gasteiger partial charge in [-0.3, -0.25) is 9.78 Å². The largest absolute Gasteiger partial charge is 0.398 e. The van der Waals surface area contributed by atoms with Crippen molar-refractivity contribution in [3.05, 3.63) is 58.9 Å². The third-order valence-corrected chi connectivity index (χ3v) is 3.64. The molecule has 1 heterocycles. The van der Waals surface area contributed by atoms with Crippen LogP contribution in [0, 0.1) is 0 Å². The third kappa shape index (κ3) is 3.52. The fourth-order valence-electron chi connectivity index (χ4n) is 2.05. The molecule has 0 atom stereocenters. The van der Waals surface area contributed by atoms with Crippen LogP contribution in [0.2, 0.25) is 5.02 Å².